The third kappa shape index (κ3) is 6.22. The lowest BCUT2D eigenvalue weighted by atomic mass is 9.80. The normalized spacial score (nSPS) is 17.5. The largest absolute Gasteiger partial charge is 0.510 e. The van der Waals surface area contributed by atoms with E-state index in [2.05, 4.69) is 25.5 Å². The number of aliphatic hydroxyl groups excluding tert-OH is 1. The van der Waals surface area contributed by atoms with Crippen molar-refractivity contribution in [2.24, 2.45) is 0 Å². The number of hydrogen-bond donors (Lipinski definition) is 2. The van der Waals surface area contributed by atoms with Crippen LogP contribution >= 0.6 is 0 Å². The van der Waals surface area contributed by atoms with Crippen molar-refractivity contribution in [1.29, 1.82) is 0 Å². The van der Waals surface area contributed by atoms with Gasteiger partial charge in [-0.15, -0.1) is 0 Å². The van der Waals surface area contributed by atoms with Crippen molar-refractivity contribution in [2.75, 3.05) is 0 Å². The minimum Gasteiger partial charge on any atom is -0.510 e. The number of aromatic nitrogens is 1. The number of cyclic esters (lactones) is 1. The Kier molecular flexibility index (Phi) is 8.58. The molecule has 0 fully saturated rings. The molecule has 0 saturated heterocycles. The molecular weight excluding hydrogens is 572 g/mol. The van der Waals surface area contributed by atoms with Crippen molar-refractivity contribution in [3.63, 3.8) is 0 Å². The van der Waals surface area contributed by atoms with Gasteiger partial charge in [0.1, 0.15) is 16.3 Å². The summed E-state index contributed by atoms with van der Waals surface area (Å²) in [6.45, 7) is 10.3. The Labute approximate surface area is 260 Å². The van der Waals surface area contributed by atoms with Crippen LogP contribution < -0.4 is 4.72 Å². The maximum absolute atomic E-state index is 13.9. The average Bonchev–Trinajstić information content (AvgIpc) is 2.98. The maximum Gasteiger partial charge on any atom is 0.359 e. The molecule has 7 nitrogen and oxygen atoms in total. The summed E-state index contributed by atoms with van der Waals surface area (Å²) in [5.74, 6) is -1.21. The second kappa shape index (κ2) is 12.1. The van der Waals surface area contributed by atoms with Crippen LogP contribution in [0.25, 0.3) is 22.2 Å². The Morgan fingerprint density at radius 3 is 2.23 bits per heavy atom. The number of rotatable bonds is 9. The zero-order chi connectivity index (χ0) is 31.7. The first kappa shape index (κ1) is 31.3. The van der Waals surface area contributed by atoms with Gasteiger partial charge in [-0.25, -0.2) is 18.2 Å². The molecule has 0 saturated carbocycles. The van der Waals surface area contributed by atoms with E-state index in [1.807, 2.05) is 80.6 Å². The van der Waals surface area contributed by atoms with Gasteiger partial charge in [-0.05, 0) is 54.4 Å². The molecule has 2 N–H and O–H groups in total. The van der Waals surface area contributed by atoms with Gasteiger partial charge in [-0.3, -0.25) is 4.72 Å². The number of carbonyl (C=O) groups excluding carboxylic acids is 1. The number of nitrogens with zero attached hydrogens (tertiary/aromatic N) is 1. The summed E-state index contributed by atoms with van der Waals surface area (Å²) < 4.78 is 36.2. The number of para-hydroxylation sites is 1. The smallest absolute Gasteiger partial charge is 0.359 e. The van der Waals surface area contributed by atoms with Gasteiger partial charge in [0.15, 0.2) is 5.70 Å². The number of pyridine rings is 1. The molecule has 5 rings (SSSR count). The molecule has 230 valence electrons. The van der Waals surface area contributed by atoms with E-state index in [1.54, 1.807) is 6.07 Å². The third-order valence-corrected chi connectivity index (χ3v) is 9.65. The summed E-state index contributed by atoms with van der Waals surface area (Å²) in [5, 5.41) is 11.8. The fourth-order valence-electron chi connectivity index (χ4n) is 6.32. The third-order valence-electron chi connectivity index (χ3n) is 8.27. The number of ether oxygens (including phenoxy) is 1. The van der Waals surface area contributed by atoms with Crippen molar-refractivity contribution in [1.82, 2.24) is 9.71 Å². The number of esters is 1. The SMILES string of the molecule is CCCC1(CCc2ccccc2)CC(O)=C(NS(=O)(=O)c2cccc3c(C)c(C(C)(C)C)c(-c4ccccc4)nc23)C(=O)O1. The molecule has 1 aliphatic rings. The number of carbonyl (C=O) groups is 1. The van der Waals surface area contributed by atoms with Crippen molar-refractivity contribution < 1.29 is 23.1 Å². The summed E-state index contributed by atoms with van der Waals surface area (Å²) in [5.41, 5.74) is 3.27. The number of fused-ring (bicyclic) bond motifs is 1. The van der Waals surface area contributed by atoms with Crippen LogP contribution in [0.4, 0.5) is 0 Å². The predicted molar refractivity (Wildman–Crippen MR) is 174 cm³/mol. The van der Waals surface area contributed by atoms with Crippen LogP contribution in [0.15, 0.2) is 95.2 Å². The fraction of sp³-hybridized carbons (Fsp3) is 0.333. The van der Waals surface area contributed by atoms with Crippen LogP contribution in [-0.2, 0) is 31.4 Å². The van der Waals surface area contributed by atoms with Crippen LogP contribution in [-0.4, -0.2) is 30.1 Å². The monoisotopic (exact) mass is 612 g/mol. The highest BCUT2D eigenvalue weighted by atomic mass is 32.2. The minimum absolute atomic E-state index is 0.0251. The number of nitrogens with one attached hydrogen (secondary N) is 1. The van der Waals surface area contributed by atoms with Gasteiger partial charge in [0.05, 0.1) is 11.2 Å². The molecule has 0 amide bonds. The molecule has 0 spiro atoms. The first-order valence-corrected chi connectivity index (χ1v) is 16.5. The van der Waals surface area contributed by atoms with E-state index in [9.17, 15) is 18.3 Å². The Morgan fingerprint density at radius 1 is 0.955 bits per heavy atom. The highest BCUT2D eigenvalue weighted by Crippen LogP contribution is 2.40. The molecule has 1 unspecified atom stereocenters. The summed E-state index contributed by atoms with van der Waals surface area (Å²) >= 11 is 0. The van der Waals surface area contributed by atoms with Gasteiger partial charge in [-0.2, -0.15) is 0 Å². The average molecular weight is 613 g/mol. The quantitative estimate of drug-likeness (QED) is 0.188. The van der Waals surface area contributed by atoms with Gasteiger partial charge >= 0.3 is 5.97 Å². The number of aliphatic hydroxyl groups is 1. The van der Waals surface area contributed by atoms with Crippen LogP contribution in [0.5, 0.6) is 0 Å². The molecule has 0 aliphatic carbocycles. The molecule has 0 bridgehead atoms. The van der Waals surface area contributed by atoms with Crippen molar-refractivity contribution in [3.8, 4) is 11.3 Å². The summed E-state index contributed by atoms with van der Waals surface area (Å²) in [4.78, 5) is 18.2. The van der Waals surface area contributed by atoms with E-state index in [4.69, 9.17) is 9.72 Å². The Morgan fingerprint density at radius 2 is 1.61 bits per heavy atom. The molecule has 1 aromatic heterocycles. The van der Waals surface area contributed by atoms with Crippen LogP contribution in [0.2, 0.25) is 0 Å². The molecule has 4 aromatic rings. The molecule has 8 heteroatoms. The van der Waals surface area contributed by atoms with Crippen molar-refractivity contribution in [3.05, 3.63) is 107 Å². The summed E-state index contributed by atoms with van der Waals surface area (Å²) in [7, 11) is -4.35. The topological polar surface area (TPSA) is 106 Å². The summed E-state index contributed by atoms with van der Waals surface area (Å²) in [6, 6.07) is 24.6. The molecule has 44 heavy (non-hydrogen) atoms. The van der Waals surface area contributed by atoms with E-state index in [1.165, 1.54) is 6.07 Å². The van der Waals surface area contributed by atoms with Gasteiger partial charge in [-0.1, -0.05) is 107 Å². The number of sulfonamides is 1. The Bertz CT molecular complexity index is 1830. The van der Waals surface area contributed by atoms with Crippen molar-refractivity contribution in [2.45, 2.75) is 82.6 Å². The highest BCUT2D eigenvalue weighted by molar-refractivity contribution is 7.90. The van der Waals surface area contributed by atoms with Gasteiger partial charge in [0.25, 0.3) is 10.0 Å². The lowest BCUT2D eigenvalue weighted by Gasteiger charge is -2.37. The molecule has 3 aromatic carbocycles. The van der Waals surface area contributed by atoms with Crippen molar-refractivity contribution >= 4 is 26.9 Å². The van der Waals surface area contributed by atoms with Gasteiger partial charge in [0.2, 0.25) is 0 Å². The van der Waals surface area contributed by atoms with E-state index in [-0.39, 0.29) is 28.0 Å². The molecule has 1 atom stereocenters. The second-order valence-corrected chi connectivity index (χ2v) is 14.3. The predicted octanol–water partition coefficient (Wildman–Crippen LogP) is 7.67. The fourth-order valence-corrected chi connectivity index (χ4v) is 7.57. The van der Waals surface area contributed by atoms with Crippen LogP contribution in [0.3, 0.4) is 0 Å². The van der Waals surface area contributed by atoms with Crippen LogP contribution in [0, 0.1) is 6.92 Å². The van der Waals surface area contributed by atoms with Crippen LogP contribution in [0.1, 0.15) is 70.1 Å². The molecular formula is C36H40N2O5S. The standard InChI is InChI=1S/C36H40N2O5S/c1-6-21-36(22-20-25-14-9-7-10-15-25)23-28(39)33(34(40)43-36)38-44(41,42)29-19-13-18-27-24(2)30(35(3,4)5)31(37-32(27)29)26-16-11-8-12-17-26/h7-19,38-39H,6,20-23H2,1-5H3. The molecule has 1 aliphatic heterocycles. The highest BCUT2D eigenvalue weighted by Gasteiger charge is 2.42. The summed E-state index contributed by atoms with van der Waals surface area (Å²) in [6.07, 6.45) is 2.46. The molecule has 0 radical (unpaired) electrons. The maximum atomic E-state index is 13.9. The van der Waals surface area contributed by atoms with Gasteiger partial charge < -0.3 is 9.84 Å². The van der Waals surface area contributed by atoms with E-state index in [0.717, 1.165) is 28.7 Å². The molecule has 2 heterocycles. The zero-order valence-corrected chi connectivity index (χ0v) is 26.8. The lowest BCUT2D eigenvalue weighted by Crippen LogP contribution is -2.44. The number of benzene rings is 3. The van der Waals surface area contributed by atoms with Gasteiger partial charge in [0, 0.05) is 17.4 Å². The Balaban J connectivity index is 1.54. The zero-order valence-electron chi connectivity index (χ0n) is 26.0. The Hall–Kier alpha value is -4.17. The first-order chi connectivity index (χ1) is 20.8. The number of hydrogen-bond acceptors (Lipinski definition) is 6. The van der Waals surface area contributed by atoms with E-state index in [0.29, 0.717) is 30.3 Å². The lowest BCUT2D eigenvalue weighted by molar-refractivity contribution is -0.161. The minimum atomic E-state index is -4.35. The first-order valence-electron chi connectivity index (χ1n) is 15.1. The van der Waals surface area contributed by atoms with E-state index >= 15 is 0 Å². The second-order valence-electron chi connectivity index (χ2n) is 12.6. The number of aryl methyl sites for hydroxylation is 2. The van der Waals surface area contributed by atoms with E-state index < -0.39 is 27.3 Å².